The molecule has 1 fully saturated rings. The van der Waals surface area contributed by atoms with E-state index in [1.165, 1.54) is 4.90 Å². The van der Waals surface area contributed by atoms with Gasteiger partial charge >= 0.3 is 6.09 Å². The van der Waals surface area contributed by atoms with Gasteiger partial charge in [0.2, 0.25) is 0 Å². The van der Waals surface area contributed by atoms with Crippen molar-refractivity contribution in [1.29, 1.82) is 0 Å². The Hall–Kier alpha value is -1.52. The van der Waals surface area contributed by atoms with Crippen molar-refractivity contribution in [1.82, 2.24) is 14.7 Å². The molecule has 1 N–H and O–H groups in total. The van der Waals surface area contributed by atoms with E-state index in [1.54, 1.807) is 6.20 Å². The molecule has 0 spiro atoms. The van der Waals surface area contributed by atoms with Gasteiger partial charge in [-0.2, -0.15) is 5.10 Å². The van der Waals surface area contributed by atoms with Crippen LogP contribution in [0.3, 0.4) is 0 Å². The number of carboxylic acid groups (broad SMARTS) is 1. The molecule has 0 atom stereocenters. The quantitative estimate of drug-likeness (QED) is 0.779. The molecule has 2 heterocycles. The van der Waals surface area contributed by atoms with Crippen molar-refractivity contribution in [2.45, 2.75) is 13.0 Å². The van der Waals surface area contributed by atoms with Gasteiger partial charge in [-0.05, 0) is 18.4 Å². The lowest BCUT2D eigenvalue weighted by atomic mass is 9.97. The molecule has 1 saturated heterocycles. The predicted molar refractivity (Wildman–Crippen MR) is 49.9 cm³/mol. The fourth-order valence-electron chi connectivity index (χ4n) is 1.66. The van der Waals surface area contributed by atoms with Crippen molar-refractivity contribution < 1.29 is 9.90 Å². The lowest BCUT2D eigenvalue weighted by Crippen LogP contribution is -2.49. The van der Waals surface area contributed by atoms with Crippen LogP contribution in [0.4, 0.5) is 4.79 Å². The van der Waals surface area contributed by atoms with Crippen molar-refractivity contribution in [3.8, 4) is 0 Å². The minimum Gasteiger partial charge on any atom is -0.465 e. The Morgan fingerprint density at radius 2 is 2.36 bits per heavy atom. The molecular formula is C9H13N3O2. The molecule has 0 aliphatic carbocycles. The fourth-order valence-corrected chi connectivity index (χ4v) is 1.66. The average molecular weight is 195 g/mol. The molecule has 1 aliphatic heterocycles. The van der Waals surface area contributed by atoms with Crippen LogP contribution in [0.1, 0.15) is 6.42 Å². The number of rotatable bonds is 3. The van der Waals surface area contributed by atoms with E-state index < -0.39 is 6.09 Å². The van der Waals surface area contributed by atoms with E-state index in [2.05, 4.69) is 5.10 Å². The largest absolute Gasteiger partial charge is 0.465 e. The normalized spacial score (nSPS) is 16.7. The first-order valence-electron chi connectivity index (χ1n) is 4.71. The molecular weight excluding hydrogens is 182 g/mol. The van der Waals surface area contributed by atoms with E-state index in [-0.39, 0.29) is 0 Å². The predicted octanol–water partition coefficient (Wildman–Crippen LogP) is 0.883. The van der Waals surface area contributed by atoms with Crippen LogP contribution in [0.15, 0.2) is 18.5 Å². The number of hydrogen-bond acceptors (Lipinski definition) is 2. The summed E-state index contributed by atoms with van der Waals surface area (Å²) in [5.41, 5.74) is 0. The summed E-state index contributed by atoms with van der Waals surface area (Å²) in [6.07, 6.45) is 3.88. The van der Waals surface area contributed by atoms with E-state index in [0.29, 0.717) is 19.0 Å². The summed E-state index contributed by atoms with van der Waals surface area (Å²) in [5.74, 6) is 0.510. The second-order valence-corrected chi connectivity index (χ2v) is 3.61. The SMILES string of the molecule is O=C(O)N1CC(CCn2cccn2)C1. The molecule has 1 amide bonds. The zero-order valence-electron chi connectivity index (χ0n) is 7.83. The highest BCUT2D eigenvalue weighted by Gasteiger charge is 2.29. The molecule has 0 bridgehead atoms. The summed E-state index contributed by atoms with van der Waals surface area (Å²) in [4.78, 5) is 11.9. The monoisotopic (exact) mass is 195 g/mol. The van der Waals surface area contributed by atoms with Crippen molar-refractivity contribution in [3.05, 3.63) is 18.5 Å². The highest BCUT2D eigenvalue weighted by Crippen LogP contribution is 2.19. The van der Waals surface area contributed by atoms with Crippen molar-refractivity contribution in [2.75, 3.05) is 13.1 Å². The van der Waals surface area contributed by atoms with Crippen LogP contribution >= 0.6 is 0 Å². The van der Waals surface area contributed by atoms with Crippen LogP contribution in [0.25, 0.3) is 0 Å². The Balaban J connectivity index is 1.68. The summed E-state index contributed by atoms with van der Waals surface area (Å²) in [6.45, 7) is 2.23. The molecule has 5 heteroatoms. The van der Waals surface area contributed by atoms with Gasteiger partial charge in [0, 0.05) is 32.0 Å². The first kappa shape index (κ1) is 9.05. The van der Waals surface area contributed by atoms with Crippen molar-refractivity contribution in [2.24, 2.45) is 5.92 Å². The first-order chi connectivity index (χ1) is 6.75. The average Bonchev–Trinajstić information content (AvgIpc) is 2.52. The van der Waals surface area contributed by atoms with E-state index in [0.717, 1.165) is 13.0 Å². The molecule has 1 aromatic heterocycles. The maximum Gasteiger partial charge on any atom is 0.407 e. The zero-order chi connectivity index (χ0) is 9.97. The zero-order valence-corrected chi connectivity index (χ0v) is 7.83. The Morgan fingerprint density at radius 1 is 1.57 bits per heavy atom. The minimum atomic E-state index is -0.805. The number of amides is 1. The minimum absolute atomic E-state index is 0.510. The lowest BCUT2D eigenvalue weighted by molar-refractivity contribution is 0.0761. The van der Waals surface area contributed by atoms with Gasteiger partial charge in [-0.25, -0.2) is 4.79 Å². The Bertz CT molecular complexity index is 304. The summed E-state index contributed by atoms with van der Waals surface area (Å²) in [6, 6.07) is 1.89. The van der Waals surface area contributed by atoms with Crippen molar-refractivity contribution in [3.63, 3.8) is 0 Å². The van der Waals surface area contributed by atoms with Crippen molar-refractivity contribution >= 4 is 6.09 Å². The second-order valence-electron chi connectivity index (χ2n) is 3.61. The van der Waals surface area contributed by atoms with Crippen LogP contribution in [-0.4, -0.2) is 39.0 Å². The number of aromatic nitrogens is 2. The number of hydrogen-bond donors (Lipinski definition) is 1. The van der Waals surface area contributed by atoms with Gasteiger partial charge < -0.3 is 10.0 Å². The number of aryl methyl sites for hydroxylation is 1. The molecule has 5 nitrogen and oxygen atoms in total. The number of carbonyl (C=O) groups is 1. The van der Waals surface area contributed by atoms with Gasteiger partial charge in [0.05, 0.1) is 0 Å². The van der Waals surface area contributed by atoms with Gasteiger partial charge in [0.1, 0.15) is 0 Å². The lowest BCUT2D eigenvalue weighted by Gasteiger charge is -2.37. The maximum atomic E-state index is 10.5. The Kier molecular flexibility index (Phi) is 2.39. The van der Waals surface area contributed by atoms with E-state index in [4.69, 9.17) is 5.11 Å². The van der Waals surface area contributed by atoms with Gasteiger partial charge in [0.15, 0.2) is 0 Å². The summed E-state index contributed by atoms with van der Waals surface area (Å²) < 4.78 is 1.88. The van der Waals surface area contributed by atoms with Crippen LogP contribution in [0.5, 0.6) is 0 Å². The third-order valence-electron chi connectivity index (χ3n) is 2.55. The second kappa shape index (κ2) is 3.69. The molecule has 76 valence electrons. The molecule has 2 rings (SSSR count). The van der Waals surface area contributed by atoms with E-state index in [1.807, 2.05) is 16.9 Å². The highest BCUT2D eigenvalue weighted by atomic mass is 16.4. The van der Waals surface area contributed by atoms with Crippen LogP contribution < -0.4 is 0 Å². The number of nitrogens with zero attached hydrogens (tertiary/aromatic N) is 3. The van der Waals surface area contributed by atoms with Gasteiger partial charge in [0.25, 0.3) is 0 Å². The smallest absolute Gasteiger partial charge is 0.407 e. The summed E-state index contributed by atoms with van der Waals surface area (Å²) in [5, 5.41) is 12.7. The highest BCUT2D eigenvalue weighted by molar-refractivity contribution is 5.65. The van der Waals surface area contributed by atoms with E-state index in [9.17, 15) is 4.79 Å². The molecule has 0 saturated carbocycles. The third-order valence-corrected chi connectivity index (χ3v) is 2.55. The Labute approximate surface area is 81.9 Å². The van der Waals surface area contributed by atoms with Gasteiger partial charge in [-0.15, -0.1) is 0 Å². The molecule has 1 aromatic rings. The molecule has 14 heavy (non-hydrogen) atoms. The van der Waals surface area contributed by atoms with Gasteiger partial charge in [-0.1, -0.05) is 0 Å². The van der Waals surface area contributed by atoms with Crippen LogP contribution in [-0.2, 0) is 6.54 Å². The first-order valence-corrected chi connectivity index (χ1v) is 4.71. The topological polar surface area (TPSA) is 58.4 Å². The third kappa shape index (κ3) is 1.86. The maximum absolute atomic E-state index is 10.5. The molecule has 1 aliphatic rings. The molecule has 0 unspecified atom stereocenters. The molecule has 0 radical (unpaired) electrons. The number of likely N-dealkylation sites (tertiary alicyclic amines) is 1. The standard InChI is InChI=1S/C9H13N3O2/c13-9(14)11-6-8(7-11)2-5-12-4-1-3-10-12/h1,3-4,8H,2,5-7H2,(H,13,14). The molecule has 0 aromatic carbocycles. The Morgan fingerprint density at radius 3 is 2.93 bits per heavy atom. The fraction of sp³-hybridized carbons (Fsp3) is 0.556. The van der Waals surface area contributed by atoms with Crippen LogP contribution in [0, 0.1) is 5.92 Å². The van der Waals surface area contributed by atoms with Crippen LogP contribution in [0.2, 0.25) is 0 Å². The van der Waals surface area contributed by atoms with E-state index >= 15 is 0 Å². The van der Waals surface area contributed by atoms with Gasteiger partial charge in [-0.3, -0.25) is 4.68 Å². The summed E-state index contributed by atoms with van der Waals surface area (Å²) >= 11 is 0. The summed E-state index contributed by atoms with van der Waals surface area (Å²) in [7, 11) is 0.